The van der Waals surface area contributed by atoms with Crippen molar-refractivity contribution in [3.05, 3.63) is 82.0 Å². The maximum absolute atomic E-state index is 12.6. The number of Topliss-reactive ketones (excluding diaryl/α,β-unsaturated/α-hetero) is 1. The SMILES string of the molecule is O=C(CSc1nnc(-c2ccco2)n1-c1ccc(Cl)cc1)c1ccccc1Br. The van der Waals surface area contributed by atoms with E-state index in [0.29, 0.717) is 27.3 Å². The van der Waals surface area contributed by atoms with Crippen LogP contribution in [0.3, 0.4) is 0 Å². The fourth-order valence-electron chi connectivity index (χ4n) is 2.65. The van der Waals surface area contributed by atoms with Crippen LogP contribution in [0.15, 0.2) is 81.0 Å². The van der Waals surface area contributed by atoms with Gasteiger partial charge in [0.15, 0.2) is 16.7 Å². The van der Waals surface area contributed by atoms with Crippen LogP contribution in [-0.2, 0) is 0 Å². The number of carbonyl (C=O) groups is 1. The van der Waals surface area contributed by atoms with Crippen molar-refractivity contribution in [3.8, 4) is 17.3 Å². The largest absolute Gasteiger partial charge is 0.461 e. The number of thioether (sulfide) groups is 1. The van der Waals surface area contributed by atoms with Crippen molar-refractivity contribution in [2.75, 3.05) is 5.75 Å². The zero-order valence-electron chi connectivity index (χ0n) is 14.4. The van der Waals surface area contributed by atoms with E-state index in [0.717, 1.165) is 10.2 Å². The van der Waals surface area contributed by atoms with Gasteiger partial charge in [-0.3, -0.25) is 9.36 Å². The number of furan rings is 1. The molecule has 4 rings (SSSR count). The predicted molar refractivity (Wildman–Crippen MR) is 113 cm³/mol. The van der Waals surface area contributed by atoms with E-state index in [1.54, 1.807) is 30.5 Å². The third-order valence-corrected chi connectivity index (χ3v) is 5.84. The number of rotatable bonds is 6. The minimum absolute atomic E-state index is 0.00248. The monoisotopic (exact) mass is 473 g/mol. The van der Waals surface area contributed by atoms with E-state index in [1.165, 1.54) is 11.8 Å². The smallest absolute Gasteiger partial charge is 0.205 e. The van der Waals surface area contributed by atoms with Crippen molar-refractivity contribution in [3.63, 3.8) is 0 Å². The lowest BCUT2D eigenvalue weighted by atomic mass is 10.1. The maximum atomic E-state index is 12.6. The molecular formula is C20H13BrClN3O2S. The Hall–Kier alpha value is -2.35. The van der Waals surface area contributed by atoms with E-state index in [2.05, 4.69) is 26.1 Å². The minimum atomic E-state index is 0.00248. The van der Waals surface area contributed by atoms with Gasteiger partial charge in [0.1, 0.15) is 0 Å². The van der Waals surface area contributed by atoms with Crippen LogP contribution in [0.25, 0.3) is 17.3 Å². The molecule has 28 heavy (non-hydrogen) atoms. The molecule has 0 aliphatic heterocycles. The highest BCUT2D eigenvalue weighted by atomic mass is 79.9. The molecule has 0 unspecified atom stereocenters. The molecule has 2 aromatic carbocycles. The lowest BCUT2D eigenvalue weighted by molar-refractivity contribution is 0.102. The zero-order valence-corrected chi connectivity index (χ0v) is 17.5. The Morgan fingerprint density at radius 3 is 2.57 bits per heavy atom. The van der Waals surface area contributed by atoms with Crippen molar-refractivity contribution < 1.29 is 9.21 Å². The zero-order chi connectivity index (χ0) is 19.5. The lowest BCUT2D eigenvalue weighted by Crippen LogP contribution is -2.05. The number of hydrogen-bond acceptors (Lipinski definition) is 5. The van der Waals surface area contributed by atoms with Gasteiger partial charge in [0.05, 0.1) is 12.0 Å². The number of carbonyl (C=O) groups excluding carboxylic acids is 1. The molecule has 0 aliphatic rings. The molecule has 2 heterocycles. The highest BCUT2D eigenvalue weighted by molar-refractivity contribution is 9.10. The molecule has 8 heteroatoms. The molecular weight excluding hydrogens is 462 g/mol. The van der Waals surface area contributed by atoms with E-state index in [-0.39, 0.29) is 11.5 Å². The van der Waals surface area contributed by atoms with Gasteiger partial charge in [0, 0.05) is 20.7 Å². The topological polar surface area (TPSA) is 60.9 Å². The van der Waals surface area contributed by atoms with E-state index in [1.807, 2.05) is 41.0 Å². The van der Waals surface area contributed by atoms with Gasteiger partial charge < -0.3 is 4.42 Å². The van der Waals surface area contributed by atoms with Crippen LogP contribution < -0.4 is 0 Å². The molecule has 0 bridgehead atoms. The third kappa shape index (κ3) is 3.92. The lowest BCUT2D eigenvalue weighted by Gasteiger charge is -2.09. The average molecular weight is 475 g/mol. The van der Waals surface area contributed by atoms with E-state index >= 15 is 0 Å². The Balaban J connectivity index is 1.66. The normalized spacial score (nSPS) is 10.9. The van der Waals surface area contributed by atoms with Gasteiger partial charge in [-0.25, -0.2) is 0 Å². The second-order valence-corrected chi connectivity index (χ2v) is 8.02. The minimum Gasteiger partial charge on any atom is -0.461 e. The summed E-state index contributed by atoms with van der Waals surface area (Å²) in [5.74, 6) is 1.38. The van der Waals surface area contributed by atoms with Crippen molar-refractivity contribution in [2.45, 2.75) is 5.16 Å². The van der Waals surface area contributed by atoms with Crippen LogP contribution in [0.2, 0.25) is 5.02 Å². The molecule has 0 amide bonds. The Morgan fingerprint density at radius 2 is 1.86 bits per heavy atom. The number of benzene rings is 2. The summed E-state index contributed by atoms with van der Waals surface area (Å²) in [4.78, 5) is 12.6. The van der Waals surface area contributed by atoms with E-state index < -0.39 is 0 Å². The third-order valence-electron chi connectivity index (χ3n) is 3.97. The number of aromatic nitrogens is 3. The summed E-state index contributed by atoms with van der Waals surface area (Å²) >= 11 is 10.8. The van der Waals surface area contributed by atoms with Crippen LogP contribution in [0, 0.1) is 0 Å². The summed E-state index contributed by atoms with van der Waals surface area (Å²) in [6.45, 7) is 0. The number of nitrogens with zero attached hydrogens (tertiary/aromatic N) is 3. The Labute approximate surface area is 178 Å². The van der Waals surface area contributed by atoms with Crippen LogP contribution >= 0.6 is 39.3 Å². The van der Waals surface area contributed by atoms with Crippen LogP contribution in [0.1, 0.15) is 10.4 Å². The molecule has 140 valence electrons. The van der Waals surface area contributed by atoms with Crippen molar-refractivity contribution in [1.82, 2.24) is 14.8 Å². The molecule has 0 fully saturated rings. The van der Waals surface area contributed by atoms with E-state index in [4.69, 9.17) is 16.0 Å². The quantitative estimate of drug-likeness (QED) is 0.256. The van der Waals surface area contributed by atoms with Crippen LogP contribution in [0.5, 0.6) is 0 Å². The molecule has 0 aliphatic carbocycles. The fraction of sp³-hybridized carbons (Fsp3) is 0.0500. The van der Waals surface area contributed by atoms with Gasteiger partial charge in [-0.1, -0.05) is 57.5 Å². The molecule has 2 aromatic heterocycles. The Bertz CT molecular complexity index is 1110. The van der Waals surface area contributed by atoms with Crippen LogP contribution in [0.4, 0.5) is 0 Å². The summed E-state index contributed by atoms with van der Waals surface area (Å²) in [6, 6.07) is 18.3. The van der Waals surface area contributed by atoms with Gasteiger partial charge in [0.2, 0.25) is 5.82 Å². The van der Waals surface area contributed by atoms with Crippen LogP contribution in [-0.4, -0.2) is 26.3 Å². The molecule has 0 saturated heterocycles. The van der Waals surface area contributed by atoms with Gasteiger partial charge in [-0.15, -0.1) is 10.2 Å². The molecule has 0 spiro atoms. The van der Waals surface area contributed by atoms with Crippen molar-refractivity contribution in [2.24, 2.45) is 0 Å². The van der Waals surface area contributed by atoms with Gasteiger partial charge in [0.25, 0.3) is 0 Å². The fourth-order valence-corrected chi connectivity index (χ4v) is 4.11. The second-order valence-electron chi connectivity index (χ2n) is 5.79. The molecule has 0 N–H and O–H groups in total. The Kier molecular flexibility index (Phi) is 5.66. The summed E-state index contributed by atoms with van der Waals surface area (Å²) in [7, 11) is 0. The second kappa shape index (κ2) is 8.34. The number of hydrogen-bond donors (Lipinski definition) is 0. The van der Waals surface area contributed by atoms with Gasteiger partial charge in [-0.2, -0.15) is 0 Å². The molecule has 5 nitrogen and oxygen atoms in total. The first-order valence-electron chi connectivity index (χ1n) is 8.29. The first kappa shape index (κ1) is 19.0. The summed E-state index contributed by atoms with van der Waals surface area (Å²) < 4.78 is 8.13. The standard InChI is InChI=1S/C20H13BrClN3O2S/c21-16-5-2-1-4-15(16)17(26)12-28-20-24-23-19(18-6-3-11-27-18)25(20)14-9-7-13(22)8-10-14/h1-11H,12H2. The Morgan fingerprint density at radius 1 is 1.07 bits per heavy atom. The van der Waals surface area contributed by atoms with Gasteiger partial charge in [-0.05, 0) is 42.5 Å². The predicted octanol–water partition coefficient (Wildman–Crippen LogP) is 5.92. The molecule has 0 radical (unpaired) electrons. The number of ketones is 1. The number of halogens is 2. The van der Waals surface area contributed by atoms with Crippen molar-refractivity contribution in [1.29, 1.82) is 0 Å². The average Bonchev–Trinajstić information content (AvgIpc) is 3.37. The van der Waals surface area contributed by atoms with Gasteiger partial charge >= 0.3 is 0 Å². The molecule has 4 aromatic rings. The highest BCUT2D eigenvalue weighted by Crippen LogP contribution is 2.29. The molecule has 0 atom stereocenters. The van der Waals surface area contributed by atoms with Crippen molar-refractivity contribution >= 4 is 45.1 Å². The highest BCUT2D eigenvalue weighted by Gasteiger charge is 2.19. The van der Waals surface area contributed by atoms with E-state index in [9.17, 15) is 4.79 Å². The summed E-state index contributed by atoms with van der Waals surface area (Å²) in [6.07, 6.45) is 1.58. The molecule has 0 saturated carbocycles. The summed E-state index contributed by atoms with van der Waals surface area (Å²) in [5.41, 5.74) is 1.47. The maximum Gasteiger partial charge on any atom is 0.205 e. The summed E-state index contributed by atoms with van der Waals surface area (Å²) in [5, 5.41) is 9.77. The first-order chi connectivity index (χ1) is 13.6. The first-order valence-corrected chi connectivity index (χ1v) is 10.4.